The van der Waals surface area contributed by atoms with E-state index in [2.05, 4.69) is 20.7 Å². The molecule has 0 aromatic heterocycles. The van der Waals surface area contributed by atoms with E-state index >= 15 is 0 Å². The van der Waals surface area contributed by atoms with E-state index in [0.717, 1.165) is 4.31 Å². The summed E-state index contributed by atoms with van der Waals surface area (Å²) >= 11 is 3.15. The van der Waals surface area contributed by atoms with E-state index in [1.807, 2.05) is 0 Å². The van der Waals surface area contributed by atoms with E-state index in [1.165, 1.54) is 19.2 Å². The topological polar surface area (TPSA) is 86.7 Å². The number of para-hydroxylation sites is 1. The third-order valence-electron chi connectivity index (χ3n) is 2.58. The van der Waals surface area contributed by atoms with Gasteiger partial charge in [-0.1, -0.05) is 6.07 Å². The lowest BCUT2D eigenvalue weighted by molar-refractivity contribution is 0.0698. The van der Waals surface area contributed by atoms with Gasteiger partial charge in [0.2, 0.25) is 0 Å². The van der Waals surface area contributed by atoms with Gasteiger partial charge in [-0.15, -0.1) is 0 Å². The second-order valence-electron chi connectivity index (χ2n) is 4.18. The van der Waals surface area contributed by atoms with Crippen molar-refractivity contribution in [2.75, 3.05) is 11.8 Å². The summed E-state index contributed by atoms with van der Waals surface area (Å²) in [5.74, 6) is -1.20. The van der Waals surface area contributed by atoms with Crippen LogP contribution < -0.4 is 4.72 Å². The second kappa shape index (κ2) is 5.89. The lowest BCUT2D eigenvalue weighted by Gasteiger charge is -2.22. The third kappa shape index (κ3) is 3.68. The van der Waals surface area contributed by atoms with Crippen molar-refractivity contribution in [1.29, 1.82) is 0 Å². The first-order chi connectivity index (χ1) is 8.66. The number of hydrogen-bond donors (Lipinski definition) is 2. The first-order valence-electron chi connectivity index (χ1n) is 5.44. The molecule has 0 spiro atoms. The van der Waals surface area contributed by atoms with E-state index in [1.54, 1.807) is 19.9 Å². The first kappa shape index (κ1) is 15.9. The largest absolute Gasteiger partial charge is 0.478 e. The molecule has 19 heavy (non-hydrogen) atoms. The third-order valence-corrected chi connectivity index (χ3v) is 4.88. The maximum atomic E-state index is 12.1. The molecule has 0 amide bonds. The first-order valence-corrected chi connectivity index (χ1v) is 7.67. The summed E-state index contributed by atoms with van der Waals surface area (Å²) in [6.45, 7) is 3.44. The number of carbonyl (C=O) groups is 1. The molecule has 0 bridgehead atoms. The molecule has 0 atom stereocenters. The number of nitrogens with one attached hydrogen (secondary N) is 1. The molecule has 2 N–H and O–H groups in total. The Kier molecular flexibility index (Phi) is 4.94. The predicted octanol–water partition coefficient (Wildman–Crippen LogP) is 2.14. The lowest BCUT2D eigenvalue weighted by atomic mass is 10.2. The van der Waals surface area contributed by atoms with Crippen LogP contribution in [0.4, 0.5) is 5.69 Å². The molecule has 1 aromatic rings. The number of anilines is 1. The summed E-state index contributed by atoms with van der Waals surface area (Å²) in [5, 5.41) is 9.07. The molecule has 0 aliphatic heterocycles. The van der Waals surface area contributed by atoms with Gasteiger partial charge in [-0.25, -0.2) is 4.79 Å². The van der Waals surface area contributed by atoms with Gasteiger partial charge in [-0.05, 0) is 41.9 Å². The van der Waals surface area contributed by atoms with E-state index in [4.69, 9.17) is 5.11 Å². The monoisotopic (exact) mass is 350 g/mol. The van der Waals surface area contributed by atoms with Crippen LogP contribution in [0.3, 0.4) is 0 Å². The number of aromatic carboxylic acids is 1. The molecule has 1 aromatic carbocycles. The van der Waals surface area contributed by atoms with Crippen LogP contribution in [0.5, 0.6) is 0 Å². The Bertz CT molecular complexity index is 586. The molecule has 0 radical (unpaired) electrons. The van der Waals surface area contributed by atoms with Gasteiger partial charge in [0.05, 0.1) is 11.3 Å². The highest BCUT2D eigenvalue weighted by molar-refractivity contribution is 9.10. The number of carboxylic acid groups (broad SMARTS) is 1. The molecular formula is C11H15BrN2O4S. The smallest absolute Gasteiger partial charge is 0.337 e. The minimum Gasteiger partial charge on any atom is -0.478 e. The molecule has 0 saturated carbocycles. The van der Waals surface area contributed by atoms with Gasteiger partial charge in [-0.3, -0.25) is 4.72 Å². The molecule has 0 heterocycles. The summed E-state index contributed by atoms with van der Waals surface area (Å²) in [6, 6.07) is 4.19. The predicted molar refractivity (Wildman–Crippen MR) is 76.5 cm³/mol. The fourth-order valence-corrected chi connectivity index (χ4v) is 3.06. The van der Waals surface area contributed by atoms with Gasteiger partial charge in [0.25, 0.3) is 0 Å². The highest BCUT2D eigenvalue weighted by atomic mass is 79.9. The van der Waals surface area contributed by atoms with Crippen LogP contribution >= 0.6 is 15.9 Å². The molecule has 0 fully saturated rings. The van der Waals surface area contributed by atoms with Crippen molar-refractivity contribution in [3.63, 3.8) is 0 Å². The van der Waals surface area contributed by atoms with Crippen LogP contribution in [-0.2, 0) is 10.2 Å². The van der Waals surface area contributed by atoms with Crippen LogP contribution in [0, 0.1) is 0 Å². The van der Waals surface area contributed by atoms with E-state index in [0.29, 0.717) is 4.47 Å². The van der Waals surface area contributed by atoms with Gasteiger partial charge in [0, 0.05) is 17.6 Å². The standard InChI is InChI=1S/C11H15BrN2O4S/c1-7(2)14(3)19(17,18)13-10-8(11(15)16)5-4-6-9(10)12/h4-7,13H,1-3H3,(H,15,16). The second-order valence-corrected chi connectivity index (χ2v) is 6.77. The van der Waals surface area contributed by atoms with Crippen LogP contribution in [0.15, 0.2) is 22.7 Å². The number of nitrogens with zero attached hydrogens (tertiary/aromatic N) is 1. The molecule has 6 nitrogen and oxygen atoms in total. The SMILES string of the molecule is CC(C)N(C)S(=O)(=O)Nc1c(Br)cccc1C(=O)O. The van der Waals surface area contributed by atoms with Gasteiger partial charge >= 0.3 is 16.2 Å². The van der Waals surface area contributed by atoms with Gasteiger partial charge < -0.3 is 5.11 Å². The normalized spacial score (nSPS) is 11.9. The fourth-order valence-electron chi connectivity index (χ4n) is 1.28. The number of halogens is 1. The number of carboxylic acids is 1. The van der Waals surface area contributed by atoms with Crippen LogP contribution in [0.1, 0.15) is 24.2 Å². The molecule has 106 valence electrons. The van der Waals surface area contributed by atoms with Crippen molar-refractivity contribution in [2.24, 2.45) is 0 Å². The van der Waals surface area contributed by atoms with E-state index in [-0.39, 0.29) is 17.3 Å². The average molecular weight is 351 g/mol. The Hall–Kier alpha value is -1.12. The van der Waals surface area contributed by atoms with Crippen molar-refractivity contribution in [2.45, 2.75) is 19.9 Å². The molecule has 0 aliphatic rings. The number of rotatable bonds is 5. The highest BCUT2D eigenvalue weighted by Gasteiger charge is 2.24. The fraction of sp³-hybridized carbons (Fsp3) is 0.364. The van der Waals surface area contributed by atoms with Gasteiger partial charge in [-0.2, -0.15) is 12.7 Å². The Balaban J connectivity index is 3.23. The Morgan fingerprint density at radius 2 is 2.00 bits per heavy atom. The Morgan fingerprint density at radius 1 is 1.42 bits per heavy atom. The lowest BCUT2D eigenvalue weighted by Crippen LogP contribution is -2.37. The van der Waals surface area contributed by atoms with Gasteiger partial charge in [0.1, 0.15) is 0 Å². The van der Waals surface area contributed by atoms with E-state index in [9.17, 15) is 13.2 Å². The number of hydrogen-bond acceptors (Lipinski definition) is 3. The van der Waals surface area contributed by atoms with Crippen molar-refractivity contribution in [1.82, 2.24) is 4.31 Å². The maximum Gasteiger partial charge on any atom is 0.337 e. The molecule has 0 saturated heterocycles. The van der Waals surface area contributed by atoms with Crippen LogP contribution in [0.2, 0.25) is 0 Å². The Labute approximate surface area is 120 Å². The number of benzene rings is 1. The summed E-state index contributed by atoms with van der Waals surface area (Å²) in [6.07, 6.45) is 0. The minimum atomic E-state index is -3.80. The molecule has 8 heteroatoms. The van der Waals surface area contributed by atoms with Crippen molar-refractivity contribution in [3.8, 4) is 0 Å². The summed E-state index contributed by atoms with van der Waals surface area (Å²) in [7, 11) is -2.38. The molecule has 0 unspecified atom stereocenters. The zero-order valence-electron chi connectivity index (χ0n) is 10.7. The summed E-state index contributed by atoms with van der Waals surface area (Å²) < 4.78 is 27.9. The van der Waals surface area contributed by atoms with Crippen molar-refractivity contribution < 1.29 is 18.3 Å². The van der Waals surface area contributed by atoms with Gasteiger partial charge in [0.15, 0.2) is 0 Å². The highest BCUT2D eigenvalue weighted by Crippen LogP contribution is 2.28. The van der Waals surface area contributed by atoms with Crippen LogP contribution in [-0.4, -0.2) is 36.9 Å². The zero-order chi connectivity index (χ0) is 14.8. The van der Waals surface area contributed by atoms with E-state index < -0.39 is 16.2 Å². The van der Waals surface area contributed by atoms with Crippen LogP contribution in [0.25, 0.3) is 0 Å². The quantitative estimate of drug-likeness (QED) is 0.851. The minimum absolute atomic E-state index is 0.0162. The average Bonchev–Trinajstić information content (AvgIpc) is 2.30. The Morgan fingerprint density at radius 3 is 2.47 bits per heavy atom. The zero-order valence-corrected chi connectivity index (χ0v) is 13.1. The summed E-state index contributed by atoms with van der Waals surface area (Å²) in [5.41, 5.74) is -0.0994. The van der Waals surface area contributed by atoms with Crippen molar-refractivity contribution in [3.05, 3.63) is 28.2 Å². The molecular weight excluding hydrogens is 336 g/mol. The molecule has 0 aliphatic carbocycles. The molecule has 1 rings (SSSR count). The summed E-state index contributed by atoms with van der Waals surface area (Å²) in [4.78, 5) is 11.1. The maximum absolute atomic E-state index is 12.1. The van der Waals surface area contributed by atoms with Crippen molar-refractivity contribution >= 4 is 37.8 Å².